The Morgan fingerprint density at radius 3 is 2.89 bits per heavy atom. The van der Waals surface area contributed by atoms with Gasteiger partial charge in [-0.05, 0) is 42.8 Å². The molecule has 0 aliphatic heterocycles. The molecular weight excluding hydrogens is 280 g/mol. The lowest BCUT2D eigenvalue weighted by Crippen LogP contribution is -2.32. The molecule has 0 radical (unpaired) electrons. The van der Waals surface area contributed by atoms with Gasteiger partial charge in [0.25, 0.3) is 0 Å². The van der Waals surface area contributed by atoms with Gasteiger partial charge in [0.2, 0.25) is 0 Å². The summed E-state index contributed by atoms with van der Waals surface area (Å²) in [4.78, 5) is 18.7. The Hall–Kier alpha value is -1.24. The van der Waals surface area contributed by atoms with Crippen molar-refractivity contribution in [3.8, 4) is 0 Å². The van der Waals surface area contributed by atoms with E-state index in [4.69, 9.17) is 0 Å². The predicted octanol–water partition coefficient (Wildman–Crippen LogP) is 2.81. The van der Waals surface area contributed by atoms with Crippen molar-refractivity contribution in [2.45, 2.75) is 19.4 Å². The number of likely N-dealkylation sites (N-methyl/N-ethyl adjacent to an activating group) is 1. The van der Waals surface area contributed by atoms with E-state index in [0.29, 0.717) is 6.54 Å². The molecule has 2 aromatic rings. The normalized spacial score (nSPS) is 12.8. The zero-order valence-corrected chi connectivity index (χ0v) is 12.5. The third-order valence-corrected chi connectivity index (χ3v) is 4.77. The van der Waals surface area contributed by atoms with Crippen LogP contribution in [0, 0.1) is 6.92 Å². The van der Waals surface area contributed by atoms with Crippen LogP contribution in [0.1, 0.15) is 22.2 Å². The van der Waals surface area contributed by atoms with Gasteiger partial charge in [0, 0.05) is 11.4 Å². The number of nitrogens with zero attached hydrogens (tertiary/aromatic N) is 2. The minimum Gasteiger partial charge on any atom is -0.480 e. The van der Waals surface area contributed by atoms with Gasteiger partial charge in [-0.15, -0.1) is 11.3 Å². The van der Waals surface area contributed by atoms with Gasteiger partial charge < -0.3 is 5.11 Å². The van der Waals surface area contributed by atoms with E-state index in [0.717, 1.165) is 17.7 Å². The summed E-state index contributed by atoms with van der Waals surface area (Å²) < 4.78 is 0. The number of carboxylic acid groups (broad SMARTS) is 1. The van der Waals surface area contributed by atoms with Gasteiger partial charge in [0.05, 0.1) is 11.2 Å². The van der Waals surface area contributed by atoms with Crippen molar-refractivity contribution < 1.29 is 9.90 Å². The van der Waals surface area contributed by atoms with E-state index in [1.165, 1.54) is 16.2 Å². The topological polar surface area (TPSA) is 53.4 Å². The first-order chi connectivity index (χ1) is 9.09. The van der Waals surface area contributed by atoms with E-state index in [1.54, 1.807) is 11.3 Å². The molecule has 6 heteroatoms. The maximum atomic E-state index is 11.4. The molecule has 19 heavy (non-hydrogen) atoms. The van der Waals surface area contributed by atoms with Gasteiger partial charge >= 0.3 is 5.97 Å². The number of hydrogen-bond donors (Lipinski definition) is 1. The van der Waals surface area contributed by atoms with Gasteiger partial charge in [-0.25, -0.2) is 4.98 Å². The number of carbonyl (C=O) groups is 1. The standard InChI is InChI=1S/C13H16N2O2S2/c1-9-11(19-8-14-9)3-5-15(2)12(13(16)17)10-4-6-18-7-10/h4,6-8,12H,3,5H2,1-2H3,(H,16,17). The van der Waals surface area contributed by atoms with Crippen LogP contribution in [-0.2, 0) is 11.2 Å². The van der Waals surface area contributed by atoms with Crippen molar-refractivity contribution in [1.29, 1.82) is 0 Å². The molecule has 1 atom stereocenters. The van der Waals surface area contributed by atoms with Crippen LogP contribution in [0.5, 0.6) is 0 Å². The quantitative estimate of drug-likeness (QED) is 0.890. The van der Waals surface area contributed by atoms with Crippen LogP contribution in [0.3, 0.4) is 0 Å². The molecule has 0 spiro atoms. The summed E-state index contributed by atoms with van der Waals surface area (Å²) in [5, 5.41) is 13.2. The first kappa shape index (κ1) is 14.2. The number of aromatic nitrogens is 1. The molecule has 4 nitrogen and oxygen atoms in total. The highest BCUT2D eigenvalue weighted by Crippen LogP contribution is 2.23. The van der Waals surface area contributed by atoms with Crippen molar-refractivity contribution >= 4 is 28.6 Å². The largest absolute Gasteiger partial charge is 0.480 e. The van der Waals surface area contributed by atoms with E-state index >= 15 is 0 Å². The third-order valence-electron chi connectivity index (χ3n) is 3.07. The van der Waals surface area contributed by atoms with Crippen molar-refractivity contribution in [3.63, 3.8) is 0 Å². The van der Waals surface area contributed by atoms with Crippen molar-refractivity contribution in [2.24, 2.45) is 0 Å². The summed E-state index contributed by atoms with van der Waals surface area (Å²) in [6.07, 6.45) is 0.834. The molecule has 0 fully saturated rings. The van der Waals surface area contributed by atoms with Crippen molar-refractivity contribution in [1.82, 2.24) is 9.88 Å². The van der Waals surface area contributed by atoms with E-state index in [9.17, 15) is 9.90 Å². The van der Waals surface area contributed by atoms with Gasteiger partial charge in [0.1, 0.15) is 6.04 Å². The van der Waals surface area contributed by atoms with Crippen molar-refractivity contribution in [3.05, 3.63) is 38.5 Å². The van der Waals surface area contributed by atoms with Crippen LogP contribution >= 0.6 is 22.7 Å². The maximum Gasteiger partial charge on any atom is 0.325 e. The second-order valence-corrected chi connectivity index (χ2v) is 6.11. The van der Waals surface area contributed by atoms with E-state index in [1.807, 2.05) is 41.2 Å². The number of carboxylic acids is 1. The maximum absolute atomic E-state index is 11.4. The Balaban J connectivity index is 2.03. The van der Waals surface area contributed by atoms with E-state index in [-0.39, 0.29) is 0 Å². The van der Waals surface area contributed by atoms with Gasteiger partial charge in [-0.2, -0.15) is 11.3 Å². The zero-order chi connectivity index (χ0) is 13.8. The molecule has 1 N–H and O–H groups in total. The van der Waals surface area contributed by atoms with Crippen molar-refractivity contribution in [2.75, 3.05) is 13.6 Å². The Morgan fingerprint density at radius 2 is 2.37 bits per heavy atom. The van der Waals surface area contributed by atoms with E-state index in [2.05, 4.69) is 4.98 Å². The number of hydrogen-bond acceptors (Lipinski definition) is 5. The number of thiophene rings is 1. The Labute approximate surface area is 120 Å². The fourth-order valence-corrected chi connectivity index (χ4v) is 3.44. The average Bonchev–Trinajstić information content (AvgIpc) is 2.98. The number of aryl methyl sites for hydroxylation is 1. The first-order valence-corrected chi connectivity index (χ1v) is 7.76. The SMILES string of the molecule is Cc1ncsc1CCN(C)C(C(=O)O)c1ccsc1. The summed E-state index contributed by atoms with van der Waals surface area (Å²) in [7, 11) is 1.85. The summed E-state index contributed by atoms with van der Waals surface area (Å²) in [6.45, 7) is 2.69. The van der Waals surface area contributed by atoms with Crippen LogP contribution in [0.15, 0.2) is 22.3 Å². The zero-order valence-electron chi connectivity index (χ0n) is 10.9. The number of thiazole rings is 1. The molecule has 1 unspecified atom stereocenters. The summed E-state index contributed by atoms with van der Waals surface area (Å²) in [5.41, 5.74) is 3.72. The molecule has 0 bridgehead atoms. The molecular formula is C13H16N2O2S2. The minimum absolute atomic E-state index is 0.570. The Bertz CT molecular complexity index is 537. The van der Waals surface area contributed by atoms with Gasteiger partial charge in [-0.3, -0.25) is 9.69 Å². The fourth-order valence-electron chi connectivity index (χ4n) is 1.99. The Kier molecular flexibility index (Phi) is 4.68. The number of aliphatic carboxylic acids is 1. The molecule has 0 aliphatic carbocycles. The average molecular weight is 296 g/mol. The smallest absolute Gasteiger partial charge is 0.325 e. The summed E-state index contributed by atoms with van der Waals surface area (Å²) in [5.74, 6) is -0.804. The molecule has 0 saturated carbocycles. The predicted molar refractivity (Wildman–Crippen MR) is 77.9 cm³/mol. The lowest BCUT2D eigenvalue weighted by atomic mass is 10.1. The van der Waals surface area contributed by atoms with Gasteiger partial charge in [-0.1, -0.05) is 0 Å². The lowest BCUT2D eigenvalue weighted by Gasteiger charge is -2.23. The fraction of sp³-hybridized carbons (Fsp3) is 0.385. The molecule has 0 saturated heterocycles. The molecule has 0 amide bonds. The highest BCUT2D eigenvalue weighted by Gasteiger charge is 2.24. The van der Waals surface area contributed by atoms with Crippen LogP contribution in [0.4, 0.5) is 0 Å². The second-order valence-electron chi connectivity index (χ2n) is 4.39. The third kappa shape index (κ3) is 3.40. The van der Waals surface area contributed by atoms with Crippen LogP contribution < -0.4 is 0 Å². The highest BCUT2D eigenvalue weighted by molar-refractivity contribution is 7.09. The Morgan fingerprint density at radius 1 is 1.58 bits per heavy atom. The molecule has 0 aliphatic rings. The number of rotatable bonds is 6. The van der Waals surface area contributed by atoms with Crippen LogP contribution in [0.2, 0.25) is 0 Å². The first-order valence-electron chi connectivity index (χ1n) is 5.93. The molecule has 2 heterocycles. The molecule has 102 valence electrons. The minimum atomic E-state index is -0.804. The summed E-state index contributed by atoms with van der Waals surface area (Å²) in [6, 6.07) is 1.30. The monoisotopic (exact) mass is 296 g/mol. The highest BCUT2D eigenvalue weighted by atomic mass is 32.1. The molecule has 2 aromatic heterocycles. The van der Waals surface area contributed by atoms with Gasteiger partial charge in [0.15, 0.2) is 0 Å². The van der Waals surface area contributed by atoms with E-state index < -0.39 is 12.0 Å². The molecule has 2 rings (SSSR count). The second kappa shape index (κ2) is 6.27. The molecule has 0 aromatic carbocycles. The van der Waals surface area contributed by atoms with Crippen LogP contribution in [0.25, 0.3) is 0 Å². The summed E-state index contributed by atoms with van der Waals surface area (Å²) >= 11 is 3.15. The lowest BCUT2D eigenvalue weighted by molar-refractivity contribution is -0.143. The van der Waals surface area contributed by atoms with Crippen LogP contribution in [-0.4, -0.2) is 34.6 Å².